The highest BCUT2D eigenvalue weighted by Gasteiger charge is 2.32. The van der Waals surface area contributed by atoms with E-state index in [1.54, 1.807) is 0 Å². The van der Waals surface area contributed by atoms with Crippen LogP contribution in [0.4, 0.5) is 4.79 Å². The minimum absolute atomic E-state index is 0.0661. The molecular formula is C14H18N4O5. The van der Waals surface area contributed by atoms with Gasteiger partial charge >= 0.3 is 12.0 Å². The average Bonchev–Trinajstić information content (AvgIpc) is 2.94. The fourth-order valence-corrected chi connectivity index (χ4v) is 2.10. The molecule has 1 aliphatic rings. The van der Waals surface area contributed by atoms with E-state index in [1.807, 2.05) is 6.92 Å². The number of nitrogens with zero attached hydrogens (tertiary/aromatic N) is 3. The van der Waals surface area contributed by atoms with Crippen LogP contribution in [0.2, 0.25) is 0 Å². The molecule has 9 heteroatoms. The number of urea groups is 1. The zero-order valence-electron chi connectivity index (χ0n) is 12.9. The number of nitrogens with one attached hydrogen (secondary N) is 1. The molecule has 1 aromatic heterocycles. The van der Waals surface area contributed by atoms with Crippen molar-refractivity contribution in [2.45, 2.75) is 32.9 Å². The monoisotopic (exact) mass is 322 g/mol. The lowest BCUT2D eigenvalue weighted by molar-refractivity contribution is -0.136. The summed E-state index contributed by atoms with van der Waals surface area (Å²) in [7, 11) is 0. The average molecular weight is 322 g/mol. The first-order valence-corrected chi connectivity index (χ1v) is 7.32. The summed E-state index contributed by atoms with van der Waals surface area (Å²) in [4.78, 5) is 48.1. The Morgan fingerprint density at radius 2 is 2.13 bits per heavy atom. The van der Waals surface area contributed by atoms with Gasteiger partial charge in [0.25, 0.3) is 11.5 Å². The van der Waals surface area contributed by atoms with Crippen LogP contribution < -0.4 is 10.9 Å². The number of aromatic nitrogens is 2. The van der Waals surface area contributed by atoms with Crippen LogP contribution in [-0.4, -0.2) is 51.8 Å². The van der Waals surface area contributed by atoms with Crippen LogP contribution in [0.15, 0.2) is 16.9 Å². The molecule has 0 radical (unpaired) electrons. The summed E-state index contributed by atoms with van der Waals surface area (Å²) in [5.74, 6) is -1.43. The molecule has 0 aromatic carbocycles. The van der Waals surface area contributed by atoms with Crippen LogP contribution in [0.3, 0.4) is 0 Å². The summed E-state index contributed by atoms with van der Waals surface area (Å²) in [5, 5.41) is 6.41. The normalized spacial score (nSPS) is 15.2. The van der Waals surface area contributed by atoms with Gasteiger partial charge in [-0.2, -0.15) is 5.10 Å². The fraction of sp³-hybridized carbons (Fsp3) is 0.500. The Morgan fingerprint density at radius 1 is 1.39 bits per heavy atom. The van der Waals surface area contributed by atoms with Gasteiger partial charge in [0.05, 0.1) is 0 Å². The Balaban J connectivity index is 2.06. The largest absolute Gasteiger partial charge is 0.448 e. The molecule has 23 heavy (non-hydrogen) atoms. The molecule has 1 aromatic rings. The molecular weight excluding hydrogens is 304 g/mol. The molecule has 1 unspecified atom stereocenters. The van der Waals surface area contributed by atoms with Crippen LogP contribution in [0.25, 0.3) is 0 Å². The molecule has 2 heterocycles. The predicted molar refractivity (Wildman–Crippen MR) is 78.8 cm³/mol. The molecule has 0 bridgehead atoms. The van der Waals surface area contributed by atoms with Gasteiger partial charge in [-0.25, -0.2) is 14.3 Å². The maximum atomic E-state index is 12.1. The number of carbonyl (C=O) groups is 3. The number of amides is 3. The SMILES string of the molecule is CCCn1nc(C(=O)OC(C)C(=O)N2CCNC2=O)ccc1=O. The smallest absolute Gasteiger partial charge is 0.359 e. The zero-order valence-corrected chi connectivity index (χ0v) is 12.9. The minimum Gasteiger partial charge on any atom is -0.448 e. The molecule has 3 amide bonds. The van der Waals surface area contributed by atoms with Gasteiger partial charge in [-0.05, 0) is 19.4 Å². The number of imide groups is 1. The summed E-state index contributed by atoms with van der Waals surface area (Å²) in [6.07, 6.45) is -0.440. The van der Waals surface area contributed by atoms with E-state index in [4.69, 9.17) is 4.74 Å². The number of aryl methyl sites for hydroxylation is 1. The summed E-state index contributed by atoms with van der Waals surface area (Å²) in [6, 6.07) is 1.96. The lowest BCUT2D eigenvalue weighted by Gasteiger charge is -2.18. The van der Waals surface area contributed by atoms with Gasteiger partial charge in [0.15, 0.2) is 11.8 Å². The molecule has 0 saturated carbocycles. The number of hydrogen-bond acceptors (Lipinski definition) is 6. The van der Waals surface area contributed by atoms with Gasteiger partial charge in [0.1, 0.15) is 0 Å². The van der Waals surface area contributed by atoms with E-state index in [-0.39, 0.29) is 17.8 Å². The van der Waals surface area contributed by atoms with Crippen LogP contribution in [0, 0.1) is 0 Å². The molecule has 2 rings (SSSR count). The van der Waals surface area contributed by atoms with Crippen molar-refractivity contribution >= 4 is 17.9 Å². The molecule has 1 saturated heterocycles. The van der Waals surface area contributed by atoms with Gasteiger partial charge in [-0.1, -0.05) is 6.92 Å². The van der Waals surface area contributed by atoms with Crippen molar-refractivity contribution in [2.75, 3.05) is 13.1 Å². The molecule has 0 spiro atoms. The van der Waals surface area contributed by atoms with E-state index in [0.29, 0.717) is 19.5 Å². The van der Waals surface area contributed by atoms with Crippen LogP contribution in [-0.2, 0) is 16.1 Å². The van der Waals surface area contributed by atoms with Crippen LogP contribution in [0.1, 0.15) is 30.8 Å². The third-order valence-corrected chi connectivity index (χ3v) is 3.27. The molecule has 1 fully saturated rings. The first kappa shape index (κ1) is 16.7. The van der Waals surface area contributed by atoms with Crippen molar-refractivity contribution in [3.05, 3.63) is 28.2 Å². The standard InChI is InChI=1S/C14H18N4O5/c1-3-7-18-11(19)5-4-10(16-18)13(21)23-9(2)12(20)17-8-6-15-14(17)22/h4-5,9H,3,6-8H2,1-2H3,(H,15,22). The van der Waals surface area contributed by atoms with Crippen molar-refractivity contribution in [2.24, 2.45) is 0 Å². The second kappa shape index (κ2) is 7.03. The number of ether oxygens (including phenoxy) is 1. The topological polar surface area (TPSA) is 111 Å². The van der Waals surface area contributed by atoms with Crippen LogP contribution >= 0.6 is 0 Å². The number of esters is 1. The first-order valence-electron chi connectivity index (χ1n) is 7.32. The molecule has 124 valence electrons. The lowest BCUT2D eigenvalue weighted by atomic mass is 10.3. The second-order valence-electron chi connectivity index (χ2n) is 5.05. The number of hydrogen-bond donors (Lipinski definition) is 1. The summed E-state index contributed by atoms with van der Waals surface area (Å²) in [6.45, 7) is 4.24. The van der Waals surface area contributed by atoms with Crippen molar-refractivity contribution in [1.82, 2.24) is 20.0 Å². The van der Waals surface area contributed by atoms with Crippen molar-refractivity contribution in [3.63, 3.8) is 0 Å². The zero-order chi connectivity index (χ0) is 17.0. The van der Waals surface area contributed by atoms with E-state index in [0.717, 1.165) is 9.58 Å². The molecule has 9 nitrogen and oxygen atoms in total. The molecule has 1 N–H and O–H groups in total. The Bertz CT molecular complexity index is 684. The van der Waals surface area contributed by atoms with Crippen molar-refractivity contribution < 1.29 is 19.1 Å². The van der Waals surface area contributed by atoms with E-state index in [9.17, 15) is 19.2 Å². The Labute approximate surface area is 132 Å². The highest BCUT2D eigenvalue weighted by atomic mass is 16.5. The third-order valence-electron chi connectivity index (χ3n) is 3.27. The van der Waals surface area contributed by atoms with Gasteiger partial charge in [-0.15, -0.1) is 0 Å². The minimum atomic E-state index is -1.13. The summed E-state index contributed by atoms with van der Waals surface area (Å²) >= 11 is 0. The predicted octanol–water partition coefficient (Wildman–Crippen LogP) is -0.250. The lowest BCUT2D eigenvalue weighted by Crippen LogP contribution is -2.42. The molecule has 1 atom stereocenters. The van der Waals surface area contributed by atoms with Crippen LogP contribution in [0.5, 0.6) is 0 Å². The Hall–Kier alpha value is -2.71. The first-order chi connectivity index (χ1) is 10.9. The van der Waals surface area contributed by atoms with Gasteiger partial charge < -0.3 is 10.1 Å². The van der Waals surface area contributed by atoms with Gasteiger partial charge in [-0.3, -0.25) is 14.5 Å². The maximum Gasteiger partial charge on any atom is 0.359 e. The number of rotatable bonds is 5. The van der Waals surface area contributed by atoms with E-state index in [2.05, 4.69) is 10.4 Å². The second-order valence-corrected chi connectivity index (χ2v) is 5.05. The van der Waals surface area contributed by atoms with Gasteiger partial charge in [0, 0.05) is 25.7 Å². The Kier molecular flexibility index (Phi) is 5.09. The van der Waals surface area contributed by atoms with E-state index >= 15 is 0 Å². The highest BCUT2D eigenvalue weighted by molar-refractivity contribution is 5.99. The molecule has 0 aliphatic carbocycles. The van der Waals surface area contributed by atoms with Crippen molar-refractivity contribution in [1.29, 1.82) is 0 Å². The summed E-state index contributed by atoms with van der Waals surface area (Å²) in [5.41, 5.74) is -0.384. The maximum absolute atomic E-state index is 12.1. The highest BCUT2D eigenvalue weighted by Crippen LogP contribution is 2.06. The summed E-state index contributed by atoms with van der Waals surface area (Å²) < 4.78 is 6.21. The van der Waals surface area contributed by atoms with E-state index in [1.165, 1.54) is 19.1 Å². The van der Waals surface area contributed by atoms with E-state index < -0.39 is 24.0 Å². The van der Waals surface area contributed by atoms with Crippen molar-refractivity contribution in [3.8, 4) is 0 Å². The quantitative estimate of drug-likeness (QED) is 0.748. The Morgan fingerprint density at radius 3 is 2.74 bits per heavy atom. The molecule has 1 aliphatic heterocycles. The third kappa shape index (κ3) is 3.74. The van der Waals surface area contributed by atoms with Gasteiger partial charge in [0.2, 0.25) is 0 Å². The number of carbonyl (C=O) groups excluding carboxylic acids is 3. The fourth-order valence-electron chi connectivity index (χ4n) is 2.10.